The number of nitrogens with two attached hydrogens (primary N) is 1. The van der Waals surface area contributed by atoms with Crippen LogP contribution in [0.25, 0.3) is 16.3 Å². The van der Waals surface area contributed by atoms with Crippen molar-refractivity contribution in [2.75, 3.05) is 5.73 Å². The number of nitrogens with zero attached hydrogens (tertiary/aromatic N) is 3. The number of thiazole rings is 1. The predicted octanol–water partition coefficient (Wildman–Crippen LogP) is 4.49. The average molecular weight is 344 g/mol. The van der Waals surface area contributed by atoms with Gasteiger partial charge in [0, 0.05) is 17.4 Å². The third-order valence-electron chi connectivity index (χ3n) is 4.07. The number of rotatable bonds is 4. The van der Waals surface area contributed by atoms with E-state index in [-0.39, 0.29) is 5.92 Å². The largest absolute Gasteiger partial charge is 0.399 e. The lowest BCUT2D eigenvalue weighted by Crippen LogP contribution is -2.07. The second-order valence-corrected chi connectivity index (χ2v) is 6.75. The first-order chi connectivity index (χ1) is 12.3. The highest BCUT2D eigenvalue weighted by Crippen LogP contribution is 2.37. The van der Waals surface area contributed by atoms with Gasteiger partial charge in [0.1, 0.15) is 11.3 Å². The summed E-state index contributed by atoms with van der Waals surface area (Å²) in [5.74, 6) is -0.0733. The van der Waals surface area contributed by atoms with Crippen LogP contribution in [0.5, 0.6) is 0 Å². The summed E-state index contributed by atoms with van der Waals surface area (Å²) in [7, 11) is 0. The van der Waals surface area contributed by atoms with E-state index in [9.17, 15) is 0 Å². The monoisotopic (exact) mass is 344 g/mol. The Morgan fingerprint density at radius 3 is 2.76 bits per heavy atom. The fraction of sp³-hybridized carbons (Fsp3) is 0.0500. The molecule has 4 aromatic rings. The van der Waals surface area contributed by atoms with Crippen molar-refractivity contribution < 1.29 is 0 Å². The summed E-state index contributed by atoms with van der Waals surface area (Å²) in [4.78, 5) is 13.5. The molecule has 5 heteroatoms. The molecular weight excluding hydrogens is 328 g/mol. The van der Waals surface area contributed by atoms with E-state index in [0.717, 1.165) is 37.7 Å². The molecule has 0 aliphatic heterocycles. The highest BCUT2D eigenvalue weighted by molar-refractivity contribution is 7.18. The van der Waals surface area contributed by atoms with Crippen LogP contribution in [-0.2, 0) is 0 Å². The van der Waals surface area contributed by atoms with Crippen LogP contribution < -0.4 is 5.73 Å². The second kappa shape index (κ2) is 6.45. The number of hydrogen-bond donors (Lipinski definition) is 1. The van der Waals surface area contributed by atoms with Gasteiger partial charge in [-0.2, -0.15) is 0 Å². The van der Waals surface area contributed by atoms with Gasteiger partial charge in [-0.15, -0.1) is 11.3 Å². The van der Waals surface area contributed by atoms with Gasteiger partial charge in [-0.05, 0) is 23.8 Å². The zero-order chi connectivity index (χ0) is 17.2. The van der Waals surface area contributed by atoms with Gasteiger partial charge in [0.2, 0.25) is 0 Å². The lowest BCUT2D eigenvalue weighted by atomic mass is 9.93. The normalized spacial score (nSPS) is 12.2. The molecule has 2 aromatic carbocycles. The van der Waals surface area contributed by atoms with Crippen LogP contribution in [0.4, 0.5) is 5.69 Å². The van der Waals surface area contributed by atoms with Crippen molar-refractivity contribution in [1.82, 2.24) is 15.0 Å². The third kappa shape index (κ3) is 2.90. The molecule has 4 nitrogen and oxygen atoms in total. The molecule has 0 amide bonds. The lowest BCUT2D eigenvalue weighted by Gasteiger charge is -2.16. The standard InChI is InChI=1S/C20H16N4S/c1-2-13-11-22-12-23-19(13)18(14-6-4-3-5-7-14)20-24-16-10-15(21)8-9-17(16)25-20/h2-12,18H,1,21H2. The van der Waals surface area contributed by atoms with E-state index < -0.39 is 0 Å². The first kappa shape index (κ1) is 15.5. The average Bonchev–Trinajstić information content (AvgIpc) is 3.06. The van der Waals surface area contributed by atoms with Crippen LogP contribution in [0.3, 0.4) is 0 Å². The molecule has 1 atom stereocenters. The van der Waals surface area contributed by atoms with Crippen LogP contribution in [0, 0.1) is 0 Å². The first-order valence-electron chi connectivity index (χ1n) is 7.89. The molecule has 2 heterocycles. The van der Waals surface area contributed by atoms with Gasteiger partial charge in [-0.25, -0.2) is 15.0 Å². The summed E-state index contributed by atoms with van der Waals surface area (Å²) >= 11 is 1.66. The number of nitrogen functional groups attached to an aromatic ring is 1. The summed E-state index contributed by atoms with van der Waals surface area (Å²) in [5, 5.41) is 0.980. The fourth-order valence-electron chi connectivity index (χ4n) is 2.90. The van der Waals surface area contributed by atoms with Crippen molar-refractivity contribution in [1.29, 1.82) is 0 Å². The smallest absolute Gasteiger partial charge is 0.115 e. The van der Waals surface area contributed by atoms with Gasteiger partial charge in [-0.3, -0.25) is 0 Å². The minimum atomic E-state index is -0.0733. The lowest BCUT2D eigenvalue weighted by molar-refractivity contribution is 0.889. The minimum Gasteiger partial charge on any atom is -0.399 e. The third-order valence-corrected chi connectivity index (χ3v) is 5.18. The molecule has 0 saturated heterocycles. The molecule has 2 aromatic heterocycles. The Kier molecular flexibility index (Phi) is 3.99. The second-order valence-electron chi connectivity index (χ2n) is 5.69. The number of benzene rings is 2. The van der Waals surface area contributed by atoms with Crippen LogP contribution in [0.15, 0.2) is 67.6 Å². The fourth-order valence-corrected chi connectivity index (χ4v) is 3.98. The summed E-state index contributed by atoms with van der Waals surface area (Å²) < 4.78 is 1.11. The molecule has 2 N–H and O–H groups in total. The maximum atomic E-state index is 5.91. The molecule has 122 valence electrons. The van der Waals surface area contributed by atoms with E-state index in [1.54, 1.807) is 29.9 Å². The molecule has 0 bridgehead atoms. The quantitative estimate of drug-likeness (QED) is 0.554. The van der Waals surface area contributed by atoms with Crippen LogP contribution in [0.1, 0.15) is 27.7 Å². The highest BCUT2D eigenvalue weighted by Gasteiger charge is 2.24. The SMILES string of the molecule is C=Cc1cncnc1C(c1ccccc1)c1nc2cc(N)ccc2s1. The Hall–Kier alpha value is -3.05. The van der Waals surface area contributed by atoms with Crippen molar-refractivity contribution in [3.63, 3.8) is 0 Å². The van der Waals surface area contributed by atoms with Gasteiger partial charge in [0.25, 0.3) is 0 Å². The molecule has 0 aliphatic carbocycles. The van der Waals surface area contributed by atoms with E-state index in [4.69, 9.17) is 10.7 Å². The van der Waals surface area contributed by atoms with E-state index in [1.807, 2.05) is 36.4 Å². The Balaban J connectivity index is 1.95. The Bertz CT molecular complexity index is 1040. The minimum absolute atomic E-state index is 0.0733. The van der Waals surface area contributed by atoms with E-state index in [2.05, 4.69) is 28.7 Å². The zero-order valence-corrected chi connectivity index (χ0v) is 14.3. The molecule has 0 radical (unpaired) electrons. The van der Waals surface area contributed by atoms with Gasteiger partial charge < -0.3 is 5.73 Å². The zero-order valence-electron chi connectivity index (χ0n) is 13.5. The summed E-state index contributed by atoms with van der Waals surface area (Å²) in [5.41, 5.74) is 10.5. The van der Waals surface area contributed by atoms with Crippen molar-refractivity contribution in [3.05, 3.63) is 89.5 Å². The molecule has 25 heavy (non-hydrogen) atoms. The Labute approximate surface area is 149 Å². The number of hydrogen-bond acceptors (Lipinski definition) is 5. The van der Waals surface area contributed by atoms with Crippen molar-refractivity contribution in [2.45, 2.75) is 5.92 Å². The predicted molar refractivity (Wildman–Crippen MR) is 104 cm³/mol. The summed E-state index contributed by atoms with van der Waals surface area (Å²) in [6.07, 6.45) is 5.15. The van der Waals surface area contributed by atoms with Crippen LogP contribution >= 0.6 is 11.3 Å². The Morgan fingerprint density at radius 2 is 1.96 bits per heavy atom. The highest BCUT2D eigenvalue weighted by atomic mass is 32.1. The molecule has 0 fully saturated rings. The molecule has 0 saturated carbocycles. The Morgan fingerprint density at radius 1 is 1.12 bits per heavy atom. The molecule has 0 spiro atoms. The van der Waals surface area contributed by atoms with E-state index in [1.165, 1.54) is 0 Å². The summed E-state index contributed by atoms with van der Waals surface area (Å²) in [6, 6.07) is 16.1. The van der Waals surface area contributed by atoms with Gasteiger partial charge in [-0.1, -0.05) is 43.0 Å². The van der Waals surface area contributed by atoms with Gasteiger partial charge >= 0.3 is 0 Å². The van der Waals surface area contributed by atoms with Crippen molar-refractivity contribution in [2.24, 2.45) is 0 Å². The molecular formula is C20H16N4S. The summed E-state index contributed by atoms with van der Waals surface area (Å²) in [6.45, 7) is 3.90. The van der Waals surface area contributed by atoms with E-state index >= 15 is 0 Å². The topological polar surface area (TPSA) is 64.7 Å². The molecule has 4 rings (SSSR count). The number of anilines is 1. The van der Waals surface area contributed by atoms with E-state index in [0.29, 0.717) is 0 Å². The number of fused-ring (bicyclic) bond motifs is 1. The van der Waals surface area contributed by atoms with Crippen molar-refractivity contribution in [3.8, 4) is 0 Å². The van der Waals surface area contributed by atoms with Crippen LogP contribution in [0.2, 0.25) is 0 Å². The van der Waals surface area contributed by atoms with Gasteiger partial charge in [0.15, 0.2) is 0 Å². The van der Waals surface area contributed by atoms with Crippen LogP contribution in [-0.4, -0.2) is 15.0 Å². The molecule has 1 unspecified atom stereocenters. The first-order valence-corrected chi connectivity index (χ1v) is 8.71. The van der Waals surface area contributed by atoms with Gasteiger partial charge in [0.05, 0.1) is 21.8 Å². The maximum Gasteiger partial charge on any atom is 0.115 e. The number of aromatic nitrogens is 3. The van der Waals surface area contributed by atoms with Crippen molar-refractivity contribution >= 4 is 33.3 Å². The maximum absolute atomic E-state index is 5.91. The molecule has 0 aliphatic rings.